The Kier molecular flexibility index (Phi) is 10.4. The average molecular weight is 557 g/mol. The van der Waals surface area contributed by atoms with Crippen molar-refractivity contribution >= 4 is 75.8 Å². The Morgan fingerprint density at radius 3 is 1.61 bits per heavy atom. The van der Waals surface area contributed by atoms with Crippen LogP contribution in [0, 0.1) is 0 Å². The molecule has 6 nitrogen and oxygen atoms in total. The molecule has 6 rings (SSSR count). The predicted molar refractivity (Wildman–Crippen MR) is 174 cm³/mol. The van der Waals surface area contributed by atoms with Gasteiger partial charge in [-0.1, -0.05) is 78.9 Å². The number of para-hydroxylation sites is 2. The number of nitrogens with zero attached hydrogens (tertiary/aromatic N) is 2. The molecular weight excluding hydrogens is 519 g/mol. The molecule has 2 fully saturated rings. The van der Waals surface area contributed by atoms with Crippen LogP contribution < -0.4 is 20.4 Å². The maximum atomic E-state index is 5.80. The van der Waals surface area contributed by atoms with Gasteiger partial charge in [-0.3, -0.25) is 0 Å². The maximum absolute atomic E-state index is 5.80. The Labute approximate surface area is 265 Å². The predicted octanol–water partition coefficient (Wildman–Crippen LogP) is 6.37. The van der Waals surface area contributed by atoms with Gasteiger partial charge in [0, 0.05) is 43.1 Å². The molecule has 2 aliphatic rings. The van der Waals surface area contributed by atoms with Gasteiger partial charge in [0.15, 0.2) is 0 Å². The Hall–Kier alpha value is -3.26. The van der Waals surface area contributed by atoms with E-state index in [0.29, 0.717) is 13.2 Å². The van der Waals surface area contributed by atoms with E-state index >= 15 is 0 Å². The molecule has 0 unspecified atom stereocenters. The Morgan fingerprint density at radius 2 is 1.05 bits per heavy atom. The monoisotopic (exact) mass is 556 g/mol. The van der Waals surface area contributed by atoms with Crippen LogP contribution in [0.5, 0.6) is 0 Å². The molecule has 0 amide bonds. The first-order chi connectivity index (χ1) is 19.8. The number of hydrogen-bond acceptors (Lipinski definition) is 6. The summed E-state index contributed by atoms with van der Waals surface area (Å²) in [5, 5.41) is 7.56. The number of morpholine rings is 2. The second-order valence-electron chi connectivity index (χ2n) is 10.0. The minimum atomic E-state index is 0. The van der Waals surface area contributed by atoms with Crippen LogP contribution in [0.25, 0.3) is 12.2 Å². The third-order valence-corrected chi connectivity index (χ3v) is 7.31. The molecule has 2 saturated heterocycles. The van der Waals surface area contributed by atoms with Crippen LogP contribution >= 0.6 is 0 Å². The molecule has 0 radical (unpaired) electrons. The Balaban J connectivity index is 0.00000337. The van der Waals surface area contributed by atoms with Gasteiger partial charge in [-0.15, -0.1) is 0 Å². The molecule has 41 heavy (non-hydrogen) atoms. The first kappa shape index (κ1) is 29.2. The minimum absolute atomic E-state index is 0. The second kappa shape index (κ2) is 14.6. The van der Waals surface area contributed by atoms with E-state index in [1.54, 1.807) is 0 Å². The topological polar surface area (TPSA) is 49.0 Å². The molecule has 0 saturated carbocycles. The first-order valence-corrected chi connectivity index (χ1v) is 14.1. The fraction of sp³-hybridized carbons (Fsp3) is 0.235. The zero-order chi connectivity index (χ0) is 27.0. The van der Waals surface area contributed by atoms with Gasteiger partial charge in [0.05, 0.1) is 49.2 Å². The van der Waals surface area contributed by atoms with Gasteiger partial charge in [-0.05, 0) is 35.9 Å². The van der Waals surface area contributed by atoms with Crippen molar-refractivity contribution in [2.24, 2.45) is 0 Å². The van der Waals surface area contributed by atoms with Crippen LogP contribution in [0.15, 0.2) is 97.1 Å². The fourth-order valence-corrected chi connectivity index (χ4v) is 5.34. The van der Waals surface area contributed by atoms with Crippen molar-refractivity contribution in [3.05, 3.63) is 108 Å². The zero-order valence-electron chi connectivity index (χ0n) is 22.8. The van der Waals surface area contributed by atoms with Gasteiger partial charge < -0.3 is 29.9 Å². The molecule has 0 aromatic heterocycles. The number of nitrogens with one attached hydrogen (secondary N) is 2. The van der Waals surface area contributed by atoms with Gasteiger partial charge in [0.25, 0.3) is 0 Å². The molecule has 7 heteroatoms. The van der Waals surface area contributed by atoms with Gasteiger partial charge in [0.2, 0.25) is 0 Å². The molecule has 0 aliphatic carbocycles. The fourth-order valence-electron chi connectivity index (χ4n) is 5.34. The Bertz CT molecular complexity index is 1410. The molecule has 2 aliphatic heterocycles. The molecule has 0 atom stereocenters. The van der Waals surface area contributed by atoms with Crippen molar-refractivity contribution in [1.82, 2.24) is 0 Å². The van der Waals surface area contributed by atoms with Crippen LogP contribution in [0.3, 0.4) is 0 Å². The van der Waals surface area contributed by atoms with Crippen molar-refractivity contribution in [3.63, 3.8) is 0 Å². The quantitative estimate of drug-likeness (QED) is 0.194. The summed E-state index contributed by atoms with van der Waals surface area (Å²) in [6, 6.07) is 33.6. The summed E-state index contributed by atoms with van der Waals surface area (Å²) in [5.74, 6) is 0. The summed E-state index contributed by atoms with van der Waals surface area (Å²) in [6.45, 7) is 6.21. The van der Waals surface area contributed by atoms with Crippen LogP contribution in [-0.4, -0.2) is 82.2 Å². The molecule has 0 spiro atoms. The zero-order valence-corrected chi connectivity index (χ0v) is 22.8. The van der Waals surface area contributed by atoms with Crippen molar-refractivity contribution in [2.75, 3.05) is 73.0 Å². The summed E-state index contributed by atoms with van der Waals surface area (Å²) in [4.78, 5) is 4.97. The molecule has 0 bridgehead atoms. The summed E-state index contributed by atoms with van der Waals surface area (Å²) in [6.07, 6.45) is 4.46. The third kappa shape index (κ3) is 7.34. The van der Waals surface area contributed by atoms with Gasteiger partial charge in [-0.2, -0.15) is 0 Å². The normalized spacial score (nSPS) is 15.4. The number of anilines is 6. The van der Waals surface area contributed by atoms with E-state index in [1.165, 1.54) is 22.5 Å². The van der Waals surface area contributed by atoms with Crippen LogP contribution in [0.1, 0.15) is 11.1 Å². The van der Waals surface area contributed by atoms with Crippen LogP contribution in [0.2, 0.25) is 0 Å². The van der Waals surface area contributed by atoms with Crippen LogP contribution in [-0.2, 0) is 9.47 Å². The van der Waals surface area contributed by atoms with Crippen molar-refractivity contribution in [3.8, 4) is 0 Å². The molecule has 4 aromatic carbocycles. The van der Waals surface area contributed by atoms with Gasteiger partial charge in [-0.25, -0.2) is 0 Å². The van der Waals surface area contributed by atoms with Crippen LogP contribution in [0.4, 0.5) is 34.1 Å². The Morgan fingerprint density at radius 1 is 0.561 bits per heavy atom. The van der Waals surface area contributed by atoms with E-state index in [4.69, 9.17) is 9.47 Å². The van der Waals surface area contributed by atoms with Gasteiger partial charge >= 0.3 is 29.6 Å². The van der Waals surface area contributed by atoms with E-state index in [2.05, 4.69) is 118 Å². The van der Waals surface area contributed by atoms with Crippen molar-refractivity contribution < 1.29 is 9.47 Å². The SMILES string of the molecule is C(=Cc1cc(Nc2ccccc2)c(Nc2ccccc2)c(N2CCOCC2)c1N1CCOCC1)c1ccccc1.[NaH]. The summed E-state index contributed by atoms with van der Waals surface area (Å²) in [7, 11) is 0. The van der Waals surface area contributed by atoms with Gasteiger partial charge in [0.1, 0.15) is 0 Å². The molecular formula is C34H37N4NaO2. The number of hydrogen-bond donors (Lipinski definition) is 2. The van der Waals surface area contributed by atoms with E-state index < -0.39 is 0 Å². The van der Waals surface area contributed by atoms with Crippen molar-refractivity contribution in [2.45, 2.75) is 0 Å². The standard InChI is InChI=1S/C34H36N4O2.Na.H/c1-4-10-27(11-5-1)16-17-28-26-31(35-29-12-6-2-7-13-29)32(36-30-14-8-3-9-15-30)34(38-20-24-40-25-21-38)33(28)37-18-22-39-23-19-37;;/h1-17,26,35-36H,18-25H2;;. The van der Waals surface area contributed by atoms with E-state index in [0.717, 1.165) is 62.1 Å². The second-order valence-corrected chi connectivity index (χ2v) is 10.0. The molecule has 2 N–H and O–H groups in total. The third-order valence-electron chi connectivity index (χ3n) is 7.31. The number of benzene rings is 4. The summed E-state index contributed by atoms with van der Waals surface area (Å²) in [5.41, 5.74) is 8.96. The summed E-state index contributed by atoms with van der Waals surface area (Å²) >= 11 is 0. The van der Waals surface area contributed by atoms with E-state index in [9.17, 15) is 0 Å². The van der Waals surface area contributed by atoms with E-state index in [-0.39, 0.29) is 29.6 Å². The molecule has 206 valence electrons. The van der Waals surface area contributed by atoms with E-state index in [1.807, 2.05) is 12.1 Å². The molecule has 4 aromatic rings. The number of rotatable bonds is 8. The van der Waals surface area contributed by atoms with Crippen molar-refractivity contribution in [1.29, 1.82) is 0 Å². The number of ether oxygens (including phenoxy) is 2. The summed E-state index contributed by atoms with van der Waals surface area (Å²) < 4.78 is 11.6. The molecule has 2 heterocycles. The first-order valence-electron chi connectivity index (χ1n) is 14.1. The average Bonchev–Trinajstić information content (AvgIpc) is 3.03.